The molecule has 0 aliphatic carbocycles. The van der Waals surface area contributed by atoms with Gasteiger partial charge in [0, 0.05) is 17.8 Å². The number of nitrogens with one attached hydrogen (secondary N) is 1. The Balaban J connectivity index is 2.05. The fraction of sp³-hybridized carbons (Fsp3) is 0.826. The van der Waals surface area contributed by atoms with Crippen LogP contribution in [0.2, 0.25) is 0 Å². The Morgan fingerprint density at radius 2 is 1.65 bits per heavy atom. The summed E-state index contributed by atoms with van der Waals surface area (Å²) in [5.41, 5.74) is -1.89. The summed E-state index contributed by atoms with van der Waals surface area (Å²) in [5, 5.41) is 2.76. The van der Waals surface area contributed by atoms with Gasteiger partial charge in [-0.3, -0.25) is 14.4 Å². The fourth-order valence-corrected chi connectivity index (χ4v) is 5.52. The molecule has 0 aromatic carbocycles. The van der Waals surface area contributed by atoms with E-state index in [0.717, 1.165) is 0 Å². The van der Waals surface area contributed by atoms with E-state index in [1.165, 1.54) is 0 Å². The molecular weight excluding hydrogens is 402 g/mol. The second-order valence-corrected chi connectivity index (χ2v) is 9.95. The minimum absolute atomic E-state index is 0.0245. The van der Waals surface area contributed by atoms with Crippen molar-refractivity contribution in [2.45, 2.75) is 84.7 Å². The Hall–Kier alpha value is -1.96. The van der Waals surface area contributed by atoms with Gasteiger partial charge >= 0.3 is 12.1 Å². The molecule has 3 rings (SSSR count). The molecular formula is C23H35NO7. The van der Waals surface area contributed by atoms with Gasteiger partial charge in [-0.1, -0.05) is 27.7 Å². The van der Waals surface area contributed by atoms with Crippen molar-refractivity contribution in [1.29, 1.82) is 0 Å². The summed E-state index contributed by atoms with van der Waals surface area (Å²) in [6.07, 6.45) is -0.588. The smallest absolute Gasteiger partial charge is 0.408 e. The van der Waals surface area contributed by atoms with Crippen molar-refractivity contribution in [2.24, 2.45) is 29.6 Å². The van der Waals surface area contributed by atoms with Gasteiger partial charge in [0.15, 0.2) is 5.60 Å². The highest BCUT2D eigenvalue weighted by Crippen LogP contribution is 2.43. The molecule has 31 heavy (non-hydrogen) atoms. The van der Waals surface area contributed by atoms with Crippen LogP contribution in [0.3, 0.4) is 0 Å². The number of esters is 1. The van der Waals surface area contributed by atoms with E-state index in [-0.39, 0.29) is 30.0 Å². The standard InChI is InChI=1S/C23H35NO7/c1-8-16-23(7)19(24-21(28)31-23)12(3)18(26)15-9-22(6,29-10-15)14(5)11(2)17(25)13(4)20(27)30-16/h11-16,19H,8-10H2,1-7H3,(H,24,28)/t11-,12-,13-,14-,15+,16-,19-,22-,23-/m1/s1. The number of carbonyl (C=O) groups excluding carboxylic acids is 4. The molecule has 1 amide bonds. The Morgan fingerprint density at radius 3 is 2.26 bits per heavy atom. The second-order valence-electron chi connectivity index (χ2n) is 9.95. The fourth-order valence-electron chi connectivity index (χ4n) is 5.52. The molecule has 0 aromatic rings. The van der Waals surface area contributed by atoms with Crippen LogP contribution in [0.25, 0.3) is 0 Å². The quantitative estimate of drug-likeness (QED) is 0.496. The van der Waals surface area contributed by atoms with Gasteiger partial charge in [-0.05, 0) is 39.5 Å². The third-order valence-electron chi connectivity index (χ3n) is 8.03. The monoisotopic (exact) mass is 437 g/mol. The minimum atomic E-state index is -1.23. The van der Waals surface area contributed by atoms with Crippen molar-refractivity contribution in [3.8, 4) is 0 Å². The first-order valence-electron chi connectivity index (χ1n) is 11.3. The number of fused-ring (bicyclic) bond motifs is 3. The molecule has 0 saturated carbocycles. The lowest BCUT2D eigenvalue weighted by Gasteiger charge is -2.39. The SMILES string of the molecule is CC[C@H]1OC(=O)[C@H](C)C(=O)[C@H](C)[C@@H](C)[C@@]2(C)C[C@@H](CO2)C(=O)[C@@H](C)[C@H]2NC(=O)O[C@@]21C. The first kappa shape index (κ1) is 23.7. The molecule has 3 saturated heterocycles. The molecule has 0 unspecified atom stereocenters. The third kappa shape index (κ3) is 3.88. The zero-order valence-electron chi connectivity index (χ0n) is 19.5. The molecule has 3 heterocycles. The molecule has 0 radical (unpaired) electrons. The first-order chi connectivity index (χ1) is 14.4. The summed E-state index contributed by atoms with van der Waals surface area (Å²) in [6.45, 7) is 12.7. The summed E-state index contributed by atoms with van der Waals surface area (Å²) >= 11 is 0. The van der Waals surface area contributed by atoms with Crippen molar-refractivity contribution >= 4 is 23.6 Å². The first-order valence-corrected chi connectivity index (χ1v) is 11.3. The van der Waals surface area contributed by atoms with Gasteiger partial charge in [0.2, 0.25) is 0 Å². The summed E-state index contributed by atoms with van der Waals surface area (Å²) in [7, 11) is 0. The number of hydrogen-bond acceptors (Lipinski definition) is 7. The number of amides is 1. The third-order valence-corrected chi connectivity index (χ3v) is 8.03. The highest BCUT2D eigenvalue weighted by atomic mass is 16.6. The number of cyclic esters (lactones) is 1. The summed E-state index contributed by atoms with van der Waals surface area (Å²) in [6, 6.07) is -0.664. The number of Topliss-reactive ketones (excluding diaryl/α,β-unsaturated/α-hetero) is 2. The molecule has 0 aromatic heterocycles. The van der Waals surface area contributed by atoms with Gasteiger partial charge in [-0.2, -0.15) is 0 Å². The highest BCUT2D eigenvalue weighted by molar-refractivity contribution is 6.00. The lowest BCUT2D eigenvalue weighted by atomic mass is 9.72. The normalized spacial score (nSPS) is 46.6. The molecule has 3 aliphatic heterocycles. The predicted molar refractivity (Wildman–Crippen MR) is 111 cm³/mol. The Labute approximate surface area is 183 Å². The minimum Gasteiger partial charge on any atom is -0.458 e. The zero-order valence-corrected chi connectivity index (χ0v) is 19.5. The van der Waals surface area contributed by atoms with Crippen LogP contribution in [-0.4, -0.2) is 53.6 Å². The van der Waals surface area contributed by atoms with Crippen LogP contribution in [0.1, 0.15) is 61.3 Å². The van der Waals surface area contributed by atoms with E-state index in [1.54, 1.807) is 27.7 Å². The van der Waals surface area contributed by atoms with Crippen molar-refractivity contribution < 1.29 is 33.4 Å². The van der Waals surface area contributed by atoms with Gasteiger partial charge in [0.1, 0.15) is 23.6 Å². The summed E-state index contributed by atoms with van der Waals surface area (Å²) < 4.78 is 17.4. The largest absolute Gasteiger partial charge is 0.458 e. The lowest BCUT2D eigenvalue weighted by Crippen LogP contribution is -2.57. The highest BCUT2D eigenvalue weighted by Gasteiger charge is 2.57. The number of ether oxygens (including phenoxy) is 3. The Kier molecular flexibility index (Phi) is 6.26. The molecule has 3 fully saturated rings. The second kappa shape index (κ2) is 8.19. The maximum absolute atomic E-state index is 13.4. The van der Waals surface area contributed by atoms with Crippen molar-refractivity contribution in [1.82, 2.24) is 5.32 Å². The average Bonchev–Trinajstić information content (AvgIpc) is 3.28. The van der Waals surface area contributed by atoms with Crippen molar-refractivity contribution in [2.75, 3.05) is 6.61 Å². The molecule has 3 aliphatic rings. The Morgan fingerprint density at radius 1 is 1.00 bits per heavy atom. The van der Waals surface area contributed by atoms with E-state index in [4.69, 9.17) is 14.2 Å². The topological polar surface area (TPSA) is 108 Å². The number of alkyl carbamates (subject to hydrolysis) is 1. The molecule has 8 nitrogen and oxygen atoms in total. The van der Waals surface area contributed by atoms with Crippen molar-refractivity contribution in [3.63, 3.8) is 0 Å². The summed E-state index contributed by atoms with van der Waals surface area (Å²) in [4.78, 5) is 51.6. The molecule has 0 spiro atoms. The number of ketones is 2. The van der Waals surface area contributed by atoms with Gasteiger partial charge < -0.3 is 19.5 Å². The van der Waals surface area contributed by atoms with Crippen LogP contribution < -0.4 is 5.32 Å². The van der Waals surface area contributed by atoms with E-state index >= 15 is 0 Å². The van der Waals surface area contributed by atoms with Gasteiger partial charge in [0.25, 0.3) is 0 Å². The number of carbonyl (C=O) groups is 4. The molecule has 1 N–H and O–H groups in total. The van der Waals surface area contributed by atoms with Gasteiger partial charge in [-0.25, -0.2) is 4.79 Å². The van der Waals surface area contributed by atoms with E-state index in [0.29, 0.717) is 12.8 Å². The Bertz CT molecular complexity index is 782. The van der Waals surface area contributed by atoms with Crippen molar-refractivity contribution in [3.05, 3.63) is 0 Å². The van der Waals surface area contributed by atoms with Crippen LogP contribution in [0.15, 0.2) is 0 Å². The predicted octanol–water partition coefficient (Wildman–Crippen LogP) is 2.67. The van der Waals surface area contributed by atoms with E-state index in [2.05, 4.69) is 5.32 Å². The maximum Gasteiger partial charge on any atom is 0.408 e. The summed E-state index contributed by atoms with van der Waals surface area (Å²) in [5.74, 6) is -3.38. The van der Waals surface area contributed by atoms with Gasteiger partial charge in [-0.15, -0.1) is 0 Å². The van der Waals surface area contributed by atoms with Crippen LogP contribution in [0.5, 0.6) is 0 Å². The molecule has 174 valence electrons. The molecule has 2 bridgehead atoms. The van der Waals surface area contributed by atoms with E-state index < -0.39 is 53.2 Å². The molecule has 9 atom stereocenters. The van der Waals surface area contributed by atoms with Crippen LogP contribution in [0.4, 0.5) is 4.79 Å². The maximum atomic E-state index is 13.4. The average molecular weight is 438 g/mol. The van der Waals surface area contributed by atoms with Crippen LogP contribution >= 0.6 is 0 Å². The number of hydrogen-bond donors (Lipinski definition) is 1. The van der Waals surface area contributed by atoms with Crippen LogP contribution in [-0.2, 0) is 28.6 Å². The molecule has 8 heteroatoms. The number of rotatable bonds is 1. The van der Waals surface area contributed by atoms with E-state index in [1.807, 2.05) is 20.8 Å². The zero-order chi connectivity index (χ0) is 23.3. The van der Waals surface area contributed by atoms with E-state index in [9.17, 15) is 19.2 Å². The lowest BCUT2D eigenvalue weighted by molar-refractivity contribution is -0.170. The van der Waals surface area contributed by atoms with Crippen LogP contribution in [0, 0.1) is 29.6 Å². The van der Waals surface area contributed by atoms with Gasteiger partial charge in [0.05, 0.1) is 18.2 Å².